The summed E-state index contributed by atoms with van der Waals surface area (Å²) in [7, 11) is 0. The zero-order valence-electron chi connectivity index (χ0n) is 7.62. The van der Waals surface area contributed by atoms with E-state index < -0.39 is 0 Å². The summed E-state index contributed by atoms with van der Waals surface area (Å²) in [4.78, 5) is 4.20. The molecule has 1 heterocycles. The SMILES string of the molecule is Clc1ccc(-n2cnc(CBr)c2)cc1Cl. The quantitative estimate of drug-likeness (QED) is 0.765. The molecule has 1 aromatic carbocycles. The van der Waals surface area contributed by atoms with Crippen molar-refractivity contribution in [2.45, 2.75) is 5.33 Å². The van der Waals surface area contributed by atoms with Crippen LogP contribution in [0.1, 0.15) is 5.69 Å². The van der Waals surface area contributed by atoms with Crippen molar-refractivity contribution >= 4 is 39.1 Å². The molecule has 0 fully saturated rings. The molecule has 5 heteroatoms. The molecule has 0 unspecified atom stereocenters. The van der Waals surface area contributed by atoms with Gasteiger partial charge in [0.15, 0.2) is 0 Å². The van der Waals surface area contributed by atoms with Crippen molar-refractivity contribution in [1.82, 2.24) is 9.55 Å². The van der Waals surface area contributed by atoms with Gasteiger partial charge in [0.1, 0.15) is 0 Å². The first-order valence-corrected chi connectivity index (χ1v) is 6.12. The lowest BCUT2D eigenvalue weighted by Crippen LogP contribution is -1.89. The number of halogens is 3. The van der Waals surface area contributed by atoms with Crippen LogP contribution >= 0.6 is 39.1 Å². The maximum absolute atomic E-state index is 5.93. The fraction of sp³-hybridized carbons (Fsp3) is 0.100. The highest BCUT2D eigenvalue weighted by molar-refractivity contribution is 9.08. The highest BCUT2D eigenvalue weighted by Crippen LogP contribution is 2.24. The Hall–Kier alpha value is -0.510. The topological polar surface area (TPSA) is 17.8 Å². The average molecular weight is 306 g/mol. The predicted molar refractivity (Wildman–Crippen MR) is 66.2 cm³/mol. The highest BCUT2D eigenvalue weighted by Gasteiger charge is 2.02. The molecule has 0 radical (unpaired) electrons. The molecule has 78 valence electrons. The number of hydrogen-bond donors (Lipinski definition) is 0. The van der Waals surface area contributed by atoms with Gasteiger partial charge < -0.3 is 4.57 Å². The largest absolute Gasteiger partial charge is 0.306 e. The summed E-state index contributed by atoms with van der Waals surface area (Å²) >= 11 is 15.1. The summed E-state index contributed by atoms with van der Waals surface area (Å²) in [6.07, 6.45) is 3.68. The van der Waals surface area contributed by atoms with E-state index in [-0.39, 0.29) is 0 Å². The smallest absolute Gasteiger partial charge is 0.0995 e. The predicted octanol–water partition coefficient (Wildman–Crippen LogP) is 4.07. The van der Waals surface area contributed by atoms with Gasteiger partial charge in [0.2, 0.25) is 0 Å². The molecular weight excluding hydrogens is 299 g/mol. The number of nitrogens with zero attached hydrogens (tertiary/aromatic N) is 2. The molecule has 2 nitrogen and oxygen atoms in total. The maximum atomic E-state index is 5.93. The van der Waals surface area contributed by atoms with Gasteiger partial charge in [0.05, 0.1) is 22.1 Å². The van der Waals surface area contributed by atoms with E-state index in [1.54, 1.807) is 12.4 Å². The summed E-state index contributed by atoms with van der Waals surface area (Å²) in [6, 6.07) is 5.48. The van der Waals surface area contributed by atoms with Gasteiger partial charge in [-0.2, -0.15) is 0 Å². The fourth-order valence-corrected chi connectivity index (χ4v) is 1.80. The lowest BCUT2D eigenvalue weighted by atomic mass is 10.3. The van der Waals surface area contributed by atoms with Crippen molar-refractivity contribution in [2.75, 3.05) is 0 Å². The van der Waals surface area contributed by atoms with Crippen LogP contribution in [-0.4, -0.2) is 9.55 Å². The Morgan fingerprint density at radius 2 is 2.07 bits per heavy atom. The van der Waals surface area contributed by atoms with Crippen LogP contribution in [0.5, 0.6) is 0 Å². The number of hydrogen-bond acceptors (Lipinski definition) is 1. The Kier molecular flexibility index (Phi) is 3.34. The molecule has 0 aliphatic heterocycles. The average Bonchev–Trinajstić information content (AvgIpc) is 2.70. The van der Waals surface area contributed by atoms with Crippen LogP contribution in [0.4, 0.5) is 0 Å². The molecule has 2 aromatic rings. The molecule has 0 saturated heterocycles. The zero-order chi connectivity index (χ0) is 10.8. The van der Waals surface area contributed by atoms with E-state index in [4.69, 9.17) is 23.2 Å². The summed E-state index contributed by atoms with van der Waals surface area (Å²) in [6.45, 7) is 0. The number of aromatic nitrogens is 2. The first-order chi connectivity index (χ1) is 7.20. The molecular formula is C10H7BrCl2N2. The van der Waals surface area contributed by atoms with Crippen LogP contribution in [0.2, 0.25) is 10.0 Å². The maximum Gasteiger partial charge on any atom is 0.0995 e. The minimum atomic E-state index is 0.545. The summed E-state index contributed by atoms with van der Waals surface area (Å²) in [5.41, 5.74) is 1.92. The van der Waals surface area contributed by atoms with Crippen LogP contribution < -0.4 is 0 Å². The molecule has 0 spiro atoms. The van der Waals surface area contributed by atoms with Crippen LogP contribution in [0.15, 0.2) is 30.7 Å². The summed E-state index contributed by atoms with van der Waals surface area (Å²) < 4.78 is 1.90. The molecule has 15 heavy (non-hydrogen) atoms. The normalized spacial score (nSPS) is 10.6. The van der Waals surface area contributed by atoms with Crippen LogP contribution in [0.3, 0.4) is 0 Å². The Balaban J connectivity index is 2.40. The van der Waals surface area contributed by atoms with E-state index in [0.717, 1.165) is 16.7 Å². The van der Waals surface area contributed by atoms with Gasteiger partial charge >= 0.3 is 0 Å². The molecule has 0 aliphatic rings. The van der Waals surface area contributed by atoms with Crippen molar-refractivity contribution in [3.8, 4) is 5.69 Å². The van der Waals surface area contributed by atoms with Crippen molar-refractivity contribution in [2.24, 2.45) is 0 Å². The lowest BCUT2D eigenvalue weighted by molar-refractivity contribution is 1.06. The number of imidazole rings is 1. The van der Waals surface area contributed by atoms with Gasteiger partial charge in [-0.15, -0.1) is 0 Å². The van der Waals surface area contributed by atoms with E-state index in [9.17, 15) is 0 Å². The van der Waals surface area contributed by atoms with E-state index in [1.165, 1.54) is 0 Å². The van der Waals surface area contributed by atoms with Crippen molar-refractivity contribution in [1.29, 1.82) is 0 Å². The Morgan fingerprint density at radius 3 is 2.67 bits per heavy atom. The highest BCUT2D eigenvalue weighted by atomic mass is 79.9. The van der Waals surface area contributed by atoms with Crippen LogP contribution in [0, 0.1) is 0 Å². The monoisotopic (exact) mass is 304 g/mol. The minimum absolute atomic E-state index is 0.545. The molecule has 0 bridgehead atoms. The molecule has 0 amide bonds. The number of rotatable bonds is 2. The first-order valence-electron chi connectivity index (χ1n) is 4.25. The second-order valence-corrected chi connectivity index (χ2v) is 4.38. The van der Waals surface area contributed by atoms with E-state index in [2.05, 4.69) is 20.9 Å². The lowest BCUT2D eigenvalue weighted by Gasteiger charge is -2.03. The van der Waals surface area contributed by atoms with Gasteiger partial charge in [-0.3, -0.25) is 0 Å². The number of benzene rings is 1. The number of alkyl halides is 1. The third kappa shape index (κ3) is 2.36. The van der Waals surface area contributed by atoms with Crippen LogP contribution in [-0.2, 0) is 5.33 Å². The Labute approximate surface area is 106 Å². The molecule has 1 aromatic heterocycles. The van der Waals surface area contributed by atoms with Gasteiger partial charge in [0.25, 0.3) is 0 Å². The van der Waals surface area contributed by atoms with E-state index in [1.807, 2.05) is 22.9 Å². The molecule has 2 rings (SSSR count). The molecule has 0 saturated carbocycles. The van der Waals surface area contributed by atoms with Gasteiger partial charge in [-0.05, 0) is 18.2 Å². The third-order valence-corrected chi connectivity index (χ3v) is 3.29. The fourth-order valence-electron chi connectivity index (χ4n) is 1.22. The second-order valence-electron chi connectivity index (χ2n) is 3.00. The van der Waals surface area contributed by atoms with Gasteiger partial charge in [0, 0.05) is 17.2 Å². The Bertz CT molecular complexity index is 482. The third-order valence-electron chi connectivity index (χ3n) is 1.97. The van der Waals surface area contributed by atoms with Gasteiger partial charge in [-0.1, -0.05) is 39.1 Å². The van der Waals surface area contributed by atoms with Gasteiger partial charge in [-0.25, -0.2) is 4.98 Å². The second kappa shape index (κ2) is 4.56. The van der Waals surface area contributed by atoms with Crippen molar-refractivity contribution < 1.29 is 0 Å². The first kappa shape index (κ1) is 11.0. The minimum Gasteiger partial charge on any atom is -0.306 e. The molecule has 0 atom stereocenters. The summed E-state index contributed by atoms with van der Waals surface area (Å²) in [5, 5.41) is 1.84. The summed E-state index contributed by atoms with van der Waals surface area (Å²) in [5.74, 6) is 0. The molecule has 0 N–H and O–H groups in total. The van der Waals surface area contributed by atoms with Crippen LogP contribution in [0.25, 0.3) is 5.69 Å². The van der Waals surface area contributed by atoms with Crippen molar-refractivity contribution in [3.63, 3.8) is 0 Å². The van der Waals surface area contributed by atoms with E-state index >= 15 is 0 Å². The zero-order valence-corrected chi connectivity index (χ0v) is 10.7. The van der Waals surface area contributed by atoms with Crippen molar-refractivity contribution in [3.05, 3.63) is 46.5 Å². The van der Waals surface area contributed by atoms with E-state index in [0.29, 0.717) is 10.0 Å². The molecule has 0 aliphatic carbocycles. The Morgan fingerprint density at radius 1 is 1.27 bits per heavy atom. The standard InChI is InChI=1S/C10H7BrCl2N2/c11-4-7-5-15(6-14-7)8-1-2-9(12)10(13)3-8/h1-3,5-6H,4H2.